The van der Waals surface area contributed by atoms with Gasteiger partial charge in [0.25, 0.3) is 0 Å². The Kier molecular flexibility index (Phi) is 6.08. The van der Waals surface area contributed by atoms with Gasteiger partial charge in [0.05, 0.1) is 7.11 Å². The van der Waals surface area contributed by atoms with Crippen molar-refractivity contribution < 1.29 is 4.74 Å². The summed E-state index contributed by atoms with van der Waals surface area (Å²) in [7, 11) is 3.76. The van der Waals surface area contributed by atoms with Crippen LogP contribution in [0.2, 0.25) is 0 Å². The van der Waals surface area contributed by atoms with Gasteiger partial charge in [0.15, 0.2) is 0 Å². The molecule has 114 valence electrons. The van der Waals surface area contributed by atoms with Gasteiger partial charge in [0.1, 0.15) is 5.75 Å². The Balaban J connectivity index is 3.09. The minimum Gasteiger partial charge on any atom is -0.496 e. The van der Waals surface area contributed by atoms with E-state index in [1.165, 1.54) is 11.1 Å². The number of nitrogens with one attached hydrogen (secondary N) is 1. The fourth-order valence-corrected chi connectivity index (χ4v) is 2.59. The summed E-state index contributed by atoms with van der Waals surface area (Å²) in [6.45, 7) is 11.3. The van der Waals surface area contributed by atoms with Crippen LogP contribution in [0.25, 0.3) is 0 Å². The largest absolute Gasteiger partial charge is 0.496 e. The Labute approximate surface area is 132 Å². The first-order chi connectivity index (χ1) is 9.20. The first-order valence-electron chi connectivity index (χ1n) is 7.22. The molecule has 1 aromatic rings. The first-order valence-corrected chi connectivity index (χ1v) is 8.01. The summed E-state index contributed by atoms with van der Waals surface area (Å²) < 4.78 is 6.71. The van der Waals surface area contributed by atoms with Crippen LogP contribution in [-0.2, 0) is 0 Å². The molecule has 0 aliphatic rings. The summed E-state index contributed by atoms with van der Waals surface area (Å²) >= 11 is 3.63. The molecular formula is C17H28BrNO. The third kappa shape index (κ3) is 4.23. The summed E-state index contributed by atoms with van der Waals surface area (Å²) in [6, 6.07) is 4.59. The standard InChI is InChI=1S/C17H28BrNO/c1-11-8-16(20-7)13(10-14(11)18)15(19-6)9-12(2)17(3,4)5/h8,10,12,15,19H,9H2,1-7H3. The van der Waals surface area contributed by atoms with Crippen LogP contribution in [0.4, 0.5) is 0 Å². The van der Waals surface area contributed by atoms with Crippen LogP contribution < -0.4 is 10.1 Å². The van der Waals surface area contributed by atoms with Crippen molar-refractivity contribution in [2.45, 2.75) is 47.1 Å². The van der Waals surface area contributed by atoms with Crippen molar-refractivity contribution in [3.8, 4) is 5.75 Å². The van der Waals surface area contributed by atoms with Crippen LogP contribution in [0.15, 0.2) is 16.6 Å². The molecule has 0 saturated heterocycles. The molecule has 0 aliphatic heterocycles. The number of benzene rings is 1. The lowest BCUT2D eigenvalue weighted by Gasteiger charge is -2.31. The van der Waals surface area contributed by atoms with Crippen LogP contribution in [0.1, 0.15) is 51.3 Å². The Morgan fingerprint density at radius 2 is 1.90 bits per heavy atom. The molecule has 1 aromatic carbocycles. The molecule has 20 heavy (non-hydrogen) atoms. The van der Waals surface area contributed by atoms with Crippen molar-refractivity contribution in [3.05, 3.63) is 27.7 Å². The third-order valence-electron chi connectivity index (χ3n) is 4.30. The van der Waals surface area contributed by atoms with Gasteiger partial charge >= 0.3 is 0 Å². The van der Waals surface area contributed by atoms with Gasteiger partial charge in [-0.3, -0.25) is 0 Å². The Hall–Kier alpha value is -0.540. The lowest BCUT2D eigenvalue weighted by molar-refractivity contribution is 0.224. The summed E-state index contributed by atoms with van der Waals surface area (Å²) in [5.41, 5.74) is 2.73. The molecule has 0 bridgehead atoms. The maximum absolute atomic E-state index is 5.57. The Bertz CT molecular complexity index is 451. The van der Waals surface area contributed by atoms with Gasteiger partial charge in [-0.15, -0.1) is 0 Å². The number of halogens is 1. The van der Waals surface area contributed by atoms with Crippen molar-refractivity contribution in [3.63, 3.8) is 0 Å². The second-order valence-electron chi connectivity index (χ2n) is 6.69. The van der Waals surface area contributed by atoms with Crippen molar-refractivity contribution in [2.24, 2.45) is 11.3 Å². The molecule has 0 spiro atoms. The minimum atomic E-state index is 0.302. The smallest absolute Gasteiger partial charge is 0.123 e. The van der Waals surface area contributed by atoms with Crippen LogP contribution in [-0.4, -0.2) is 14.2 Å². The number of methoxy groups -OCH3 is 1. The first kappa shape index (κ1) is 17.5. The molecule has 1 N–H and O–H groups in total. The highest BCUT2D eigenvalue weighted by molar-refractivity contribution is 9.10. The predicted molar refractivity (Wildman–Crippen MR) is 90.5 cm³/mol. The molecule has 0 radical (unpaired) electrons. The topological polar surface area (TPSA) is 21.3 Å². The van der Waals surface area contributed by atoms with Crippen molar-refractivity contribution in [1.82, 2.24) is 5.32 Å². The monoisotopic (exact) mass is 341 g/mol. The fraction of sp³-hybridized carbons (Fsp3) is 0.647. The van der Waals surface area contributed by atoms with Crippen molar-refractivity contribution in [1.29, 1.82) is 0 Å². The molecule has 0 heterocycles. The molecule has 0 aliphatic carbocycles. The van der Waals surface area contributed by atoms with Gasteiger partial charge in [-0.25, -0.2) is 0 Å². The fourth-order valence-electron chi connectivity index (χ4n) is 2.23. The molecular weight excluding hydrogens is 314 g/mol. The van der Waals surface area contributed by atoms with E-state index in [-0.39, 0.29) is 0 Å². The highest BCUT2D eigenvalue weighted by atomic mass is 79.9. The van der Waals surface area contributed by atoms with E-state index < -0.39 is 0 Å². The summed E-state index contributed by atoms with van der Waals surface area (Å²) in [5, 5.41) is 3.44. The summed E-state index contributed by atoms with van der Waals surface area (Å²) in [6.07, 6.45) is 1.09. The minimum absolute atomic E-state index is 0.302. The lowest BCUT2D eigenvalue weighted by Crippen LogP contribution is -2.25. The molecule has 3 heteroatoms. The summed E-state index contributed by atoms with van der Waals surface area (Å²) in [4.78, 5) is 0. The van der Waals surface area contributed by atoms with Gasteiger partial charge in [-0.05, 0) is 49.4 Å². The molecule has 0 saturated carbocycles. The molecule has 0 fully saturated rings. The van der Waals surface area contributed by atoms with Gasteiger partial charge < -0.3 is 10.1 Å². The second kappa shape index (κ2) is 6.95. The molecule has 2 atom stereocenters. The van der Waals surface area contributed by atoms with Gasteiger partial charge in [-0.1, -0.05) is 43.6 Å². The van der Waals surface area contributed by atoms with E-state index in [0.29, 0.717) is 17.4 Å². The van der Waals surface area contributed by atoms with Crippen molar-refractivity contribution >= 4 is 15.9 Å². The molecule has 0 aromatic heterocycles. The number of hydrogen-bond acceptors (Lipinski definition) is 2. The quantitative estimate of drug-likeness (QED) is 0.804. The van der Waals surface area contributed by atoms with Gasteiger partial charge in [0, 0.05) is 16.1 Å². The number of aryl methyl sites for hydroxylation is 1. The zero-order valence-electron chi connectivity index (χ0n) is 13.8. The van der Waals surface area contributed by atoms with Crippen LogP contribution in [0.3, 0.4) is 0 Å². The van der Waals surface area contributed by atoms with Crippen molar-refractivity contribution in [2.75, 3.05) is 14.2 Å². The second-order valence-corrected chi connectivity index (χ2v) is 7.54. The van der Waals surface area contributed by atoms with E-state index >= 15 is 0 Å². The van der Waals surface area contributed by atoms with Crippen LogP contribution in [0, 0.1) is 18.3 Å². The molecule has 0 amide bonds. The van der Waals surface area contributed by atoms with E-state index in [2.05, 4.69) is 68.0 Å². The van der Waals surface area contributed by atoms with E-state index in [9.17, 15) is 0 Å². The number of rotatable bonds is 5. The average Bonchev–Trinajstić information content (AvgIpc) is 2.37. The maximum atomic E-state index is 5.57. The summed E-state index contributed by atoms with van der Waals surface area (Å²) in [5.74, 6) is 1.58. The van der Waals surface area contributed by atoms with E-state index in [1.54, 1.807) is 7.11 Å². The van der Waals surface area contributed by atoms with Crippen LogP contribution in [0.5, 0.6) is 5.75 Å². The molecule has 2 unspecified atom stereocenters. The number of ether oxygens (including phenoxy) is 1. The predicted octanol–water partition coefficient (Wildman–Crippen LogP) is 5.10. The van der Waals surface area contributed by atoms with Gasteiger partial charge in [-0.2, -0.15) is 0 Å². The highest BCUT2D eigenvalue weighted by Crippen LogP contribution is 2.37. The zero-order chi connectivity index (χ0) is 15.5. The zero-order valence-corrected chi connectivity index (χ0v) is 15.4. The maximum Gasteiger partial charge on any atom is 0.123 e. The van der Waals surface area contributed by atoms with Gasteiger partial charge in [0.2, 0.25) is 0 Å². The van der Waals surface area contributed by atoms with E-state index in [0.717, 1.165) is 16.6 Å². The van der Waals surface area contributed by atoms with E-state index in [1.807, 2.05) is 7.05 Å². The average molecular weight is 342 g/mol. The molecule has 2 nitrogen and oxygen atoms in total. The number of hydrogen-bond donors (Lipinski definition) is 1. The highest BCUT2D eigenvalue weighted by Gasteiger charge is 2.25. The SMILES string of the molecule is CNC(CC(C)C(C)(C)C)c1cc(Br)c(C)cc1OC. The normalized spacial score (nSPS) is 15.0. The van der Waals surface area contributed by atoms with E-state index in [4.69, 9.17) is 4.74 Å². The Morgan fingerprint density at radius 1 is 1.30 bits per heavy atom. The molecule has 1 rings (SSSR count). The third-order valence-corrected chi connectivity index (χ3v) is 5.16. The lowest BCUT2D eigenvalue weighted by atomic mass is 9.77. The Morgan fingerprint density at radius 3 is 2.35 bits per heavy atom. The van der Waals surface area contributed by atoms with Crippen LogP contribution >= 0.6 is 15.9 Å².